The molecule has 0 bridgehead atoms. The Hall–Kier alpha value is -0.0800. The van der Waals surface area contributed by atoms with Crippen LogP contribution in [0.15, 0.2) is 0 Å². The first kappa shape index (κ1) is 11.4. The molecule has 1 aliphatic heterocycles. The second kappa shape index (κ2) is 4.84. The quantitative estimate of drug-likeness (QED) is 0.706. The molecule has 0 radical (unpaired) electrons. The molecule has 1 saturated carbocycles. The molecule has 1 aliphatic carbocycles. The maximum atomic E-state index is 5.93. The number of nitrogens with one attached hydrogen (secondary N) is 1. The van der Waals surface area contributed by atoms with Crippen LogP contribution in [-0.4, -0.2) is 24.8 Å². The fraction of sp³-hybridized carbons (Fsp3) is 1.00. The van der Waals surface area contributed by atoms with Crippen molar-refractivity contribution in [1.29, 1.82) is 0 Å². The summed E-state index contributed by atoms with van der Waals surface area (Å²) in [5, 5.41) is 3.54. The minimum Gasteiger partial charge on any atom is -0.371 e. The summed E-state index contributed by atoms with van der Waals surface area (Å²) < 4.78 is 5.93. The molecule has 2 nitrogen and oxygen atoms in total. The lowest BCUT2D eigenvalue weighted by molar-refractivity contribution is -0.0142. The summed E-state index contributed by atoms with van der Waals surface area (Å²) in [5.74, 6) is 1.03. The summed E-state index contributed by atoms with van der Waals surface area (Å²) in [6.45, 7) is 6.63. The van der Waals surface area contributed by atoms with Crippen LogP contribution in [0.4, 0.5) is 0 Å². The van der Waals surface area contributed by atoms with E-state index in [0.29, 0.717) is 6.10 Å². The van der Waals surface area contributed by atoms with E-state index in [0.717, 1.165) is 12.5 Å². The van der Waals surface area contributed by atoms with E-state index in [1.165, 1.54) is 45.1 Å². The van der Waals surface area contributed by atoms with Crippen LogP contribution in [0.5, 0.6) is 0 Å². The summed E-state index contributed by atoms with van der Waals surface area (Å²) in [7, 11) is 0. The molecule has 1 atom stereocenters. The molecule has 2 aliphatic rings. The Morgan fingerprint density at radius 2 is 2.07 bits per heavy atom. The van der Waals surface area contributed by atoms with E-state index in [1.54, 1.807) is 0 Å². The van der Waals surface area contributed by atoms with Gasteiger partial charge < -0.3 is 10.1 Å². The van der Waals surface area contributed by atoms with Crippen LogP contribution in [-0.2, 0) is 4.74 Å². The van der Waals surface area contributed by atoms with Crippen LogP contribution in [0.1, 0.15) is 52.4 Å². The normalized spacial score (nSPS) is 30.4. The molecule has 1 saturated heterocycles. The van der Waals surface area contributed by atoms with Gasteiger partial charge in [0.1, 0.15) is 0 Å². The van der Waals surface area contributed by atoms with E-state index in [4.69, 9.17) is 4.74 Å². The Kier molecular flexibility index (Phi) is 3.68. The zero-order valence-electron chi connectivity index (χ0n) is 10.2. The molecule has 0 aromatic carbocycles. The van der Waals surface area contributed by atoms with Crippen molar-refractivity contribution in [2.24, 2.45) is 5.92 Å². The first-order valence-electron chi connectivity index (χ1n) is 6.54. The van der Waals surface area contributed by atoms with Gasteiger partial charge in [0.05, 0.1) is 11.7 Å². The zero-order chi connectivity index (χ0) is 10.7. The standard InChI is InChI=1S/C13H25NO/c1-13(2)8-6-12(15-13)10-14-9-7-11-4-3-5-11/h11-12,14H,3-10H2,1-2H3. The van der Waals surface area contributed by atoms with E-state index in [9.17, 15) is 0 Å². The molecule has 0 aromatic rings. The van der Waals surface area contributed by atoms with E-state index >= 15 is 0 Å². The van der Waals surface area contributed by atoms with Gasteiger partial charge in [-0.2, -0.15) is 0 Å². The molecule has 2 rings (SSSR count). The van der Waals surface area contributed by atoms with Crippen LogP contribution in [0.3, 0.4) is 0 Å². The number of hydrogen-bond donors (Lipinski definition) is 1. The molecule has 1 N–H and O–H groups in total. The highest BCUT2D eigenvalue weighted by atomic mass is 16.5. The van der Waals surface area contributed by atoms with Crippen molar-refractivity contribution in [2.45, 2.75) is 64.1 Å². The number of ether oxygens (including phenoxy) is 1. The first-order valence-corrected chi connectivity index (χ1v) is 6.54. The minimum atomic E-state index is 0.125. The van der Waals surface area contributed by atoms with Gasteiger partial charge >= 0.3 is 0 Å². The van der Waals surface area contributed by atoms with E-state index in [2.05, 4.69) is 19.2 Å². The highest BCUT2D eigenvalue weighted by molar-refractivity contribution is 4.82. The van der Waals surface area contributed by atoms with Crippen LogP contribution in [0, 0.1) is 5.92 Å². The van der Waals surface area contributed by atoms with Gasteiger partial charge in [0.25, 0.3) is 0 Å². The van der Waals surface area contributed by atoms with E-state index in [-0.39, 0.29) is 5.60 Å². The third-order valence-electron chi connectivity index (χ3n) is 3.88. The smallest absolute Gasteiger partial charge is 0.0707 e. The minimum absolute atomic E-state index is 0.125. The van der Waals surface area contributed by atoms with Crippen molar-refractivity contribution in [2.75, 3.05) is 13.1 Å². The molecule has 0 spiro atoms. The lowest BCUT2D eigenvalue weighted by atomic mass is 9.83. The van der Waals surface area contributed by atoms with Crippen molar-refractivity contribution < 1.29 is 4.74 Å². The zero-order valence-corrected chi connectivity index (χ0v) is 10.2. The lowest BCUT2D eigenvalue weighted by Gasteiger charge is -2.25. The van der Waals surface area contributed by atoms with Crippen LogP contribution < -0.4 is 5.32 Å². The number of rotatable bonds is 5. The lowest BCUT2D eigenvalue weighted by Crippen LogP contribution is -2.31. The monoisotopic (exact) mass is 211 g/mol. The van der Waals surface area contributed by atoms with Crippen LogP contribution >= 0.6 is 0 Å². The maximum Gasteiger partial charge on any atom is 0.0707 e. The second-order valence-corrected chi connectivity index (χ2v) is 5.83. The van der Waals surface area contributed by atoms with Crippen LogP contribution in [0.25, 0.3) is 0 Å². The molecular weight excluding hydrogens is 186 g/mol. The Labute approximate surface area is 93.8 Å². The fourth-order valence-corrected chi connectivity index (χ4v) is 2.57. The van der Waals surface area contributed by atoms with Gasteiger partial charge in [-0.05, 0) is 45.6 Å². The molecule has 2 fully saturated rings. The highest BCUT2D eigenvalue weighted by Crippen LogP contribution is 2.30. The van der Waals surface area contributed by atoms with Gasteiger partial charge in [-0.1, -0.05) is 19.3 Å². The van der Waals surface area contributed by atoms with Gasteiger partial charge in [-0.25, -0.2) is 0 Å². The largest absolute Gasteiger partial charge is 0.371 e. The second-order valence-electron chi connectivity index (χ2n) is 5.83. The molecule has 1 heterocycles. The highest BCUT2D eigenvalue weighted by Gasteiger charge is 2.31. The Morgan fingerprint density at radius 1 is 1.27 bits per heavy atom. The molecule has 15 heavy (non-hydrogen) atoms. The SMILES string of the molecule is CC1(C)CCC(CNCCC2CCC2)O1. The Morgan fingerprint density at radius 3 is 2.60 bits per heavy atom. The molecule has 88 valence electrons. The predicted octanol–water partition coefficient (Wildman–Crippen LogP) is 2.72. The molecular formula is C13H25NO. The van der Waals surface area contributed by atoms with Gasteiger partial charge in [0.15, 0.2) is 0 Å². The van der Waals surface area contributed by atoms with Gasteiger partial charge in [0, 0.05) is 6.54 Å². The predicted molar refractivity (Wildman–Crippen MR) is 63.0 cm³/mol. The topological polar surface area (TPSA) is 21.3 Å². The van der Waals surface area contributed by atoms with E-state index < -0.39 is 0 Å². The maximum absolute atomic E-state index is 5.93. The summed E-state index contributed by atoms with van der Waals surface area (Å²) in [6.07, 6.45) is 8.66. The number of hydrogen-bond acceptors (Lipinski definition) is 2. The van der Waals surface area contributed by atoms with Gasteiger partial charge in [-0.3, -0.25) is 0 Å². The van der Waals surface area contributed by atoms with E-state index in [1.807, 2.05) is 0 Å². The van der Waals surface area contributed by atoms with Gasteiger partial charge in [-0.15, -0.1) is 0 Å². The fourth-order valence-electron chi connectivity index (χ4n) is 2.57. The van der Waals surface area contributed by atoms with Crippen molar-refractivity contribution in [3.05, 3.63) is 0 Å². The van der Waals surface area contributed by atoms with Crippen LogP contribution in [0.2, 0.25) is 0 Å². The van der Waals surface area contributed by atoms with Crippen molar-refractivity contribution in [3.63, 3.8) is 0 Å². The molecule has 0 aromatic heterocycles. The van der Waals surface area contributed by atoms with Gasteiger partial charge in [0.2, 0.25) is 0 Å². The van der Waals surface area contributed by atoms with Crippen molar-refractivity contribution >= 4 is 0 Å². The average Bonchev–Trinajstić information content (AvgIpc) is 2.42. The Balaban J connectivity index is 1.51. The summed E-state index contributed by atoms with van der Waals surface area (Å²) in [4.78, 5) is 0. The third kappa shape index (κ3) is 3.46. The summed E-state index contributed by atoms with van der Waals surface area (Å²) in [5.41, 5.74) is 0.125. The van der Waals surface area contributed by atoms with Crippen molar-refractivity contribution in [1.82, 2.24) is 5.32 Å². The summed E-state index contributed by atoms with van der Waals surface area (Å²) >= 11 is 0. The van der Waals surface area contributed by atoms with Crippen molar-refractivity contribution in [3.8, 4) is 0 Å². The summed E-state index contributed by atoms with van der Waals surface area (Å²) in [6, 6.07) is 0. The average molecular weight is 211 g/mol. The molecule has 2 heteroatoms. The Bertz CT molecular complexity index is 199. The third-order valence-corrected chi connectivity index (χ3v) is 3.88. The first-order chi connectivity index (χ1) is 7.16. The molecule has 1 unspecified atom stereocenters. The molecule has 0 amide bonds.